The predicted molar refractivity (Wildman–Crippen MR) is 108 cm³/mol. The van der Waals surface area contributed by atoms with Gasteiger partial charge >= 0.3 is 0 Å². The first-order valence-electron chi connectivity index (χ1n) is 8.35. The third-order valence-electron chi connectivity index (χ3n) is 4.26. The zero-order valence-corrected chi connectivity index (χ0v) is 15.5. The monoisotopic (exact) mass is 376 g/mol. The first kappa shape index (κ1) is 16.7. The van der Waals surface area contributed by atoms with Crippen LogP contribution in [0.4, 0.5) is 0 Å². The predicted octanol–water partition coefficient (Wildman–Crippen LogP) is 7.01. The minimum atomic E-state index is 0.940. The molecular weight excluding hydrogens is 356 g/mol. The molecule has 0 N–H and O–H groups in total. The van der Waals surface area contributed by atoms with Gasteiger partial charge in [0, 0.05) is 4.47 Å². The summed E-state index contributed by atoms with van der Waals surface area (Å²) in [5.74, 6) is 0. The highest BCUT2D eigenvalue weighted by atomic mass is 79.9. The molecule has 0 radical (unpaired) electrons. The second-order valence-corrected chi connectivity index (χ2v) is 6.76. The summed E-state index contributed by atoms with van der Waals surface area (Å²) >= 11 is 3.52. The SMILES string of the molecule is CC/C(=C(\Cc1ccc(Br)cc1)c1ccccc1)c1ccccc1. The van der Waals surface area contributed by atoms with E-state index in [1.165, 1.54) is 27.8 Å². The average Bonchev–Trinajstić information content (AvgIpc) is 2.65. The highest BCUT2D eigenvalue weighted by Gasteiger charge is 2.11. The maximum atomic E-state index is 3.52. The minimum absolute atomic E-state index is 0.940. The molecule has 0 bridgehead atoms. The Labute approximate surface area is 153 Å². The van der Waals surface area contributed by atoms with Gasteiger partial charge in [0.1, 0.15) is 0 Å². The molecule has 3 rings (SSSR count). The summed E-state index contributed by atoms with van der Waals surface area (Å²) in [4.78, 5) is 0. The van der Waals surface area contributed by atoms with Crippen LogP contribution in [-0.2, 0) is 6.42 Å². The number of hydrogen-bond donors (Lipinski definition) is 0. The molecule has 0 saturated heterocycles. The highest BCUT2D eigenvalue weighted by molar-refractivity contribution is 9.10. The number of rotatable bonds is 5. The van der Waals surface area contributed by atoms with Crippen molar-refractivity contribution in [1.82, 2.24) is 0 Å². The van der Waals surface area contributed by atoms with E-state index in [4.69, 9.17) is 0 Å². The van der Waals surface area contributed by atoms with Crippen LogP contribution in [0.1, 0.15) is 30.0 Å². The van der Waals surface area contributed by atoms with Crippen molar-refractivity contribution in [1.29, 1.82) is 0 Å². The molecule has 0 atom stereocenters. The molecule has 0 aliphatic heterocycles. The molecule has 0 nitrogen and oxygen atoms in total. The highest BCUT2D eigenvalue weighted by Crippen LogP contribution is 2.31. The van der Waals surface area contributed by atoms with Crippen LogP contribution >= 0.6 is 15.9 Å². The van der Waals surface area contributed by atoms with Gasteiger partial charge in [0.05, 0.1) is 0 Å². The van der Waals surface area contributed by atoms with E-state index in [-0.39, 0.29) is 0 Å². The lowest BCUT2D eigenvalue weighted by Gasteiger charge is -2.16. The van der Waals surface area contributed by atoms with Crippen LogP contribution in [0.3, 0.4) is 0 Å². The van der Waals surface area contributed by atoms with Gasteiger partial charge < -0.3 is 0 Å². The van der Waals surface area contributed by atoms with Crippen molar-refractivity contribution >= 4 is 27.1 Å². The zero-order chi connectivity index (χ0) is 16.8. The Morgan fingerprint density at radius 1 is 0.667 bits per heavy atom. The van der Waals surface area contributed by atoms with Gasteiger partial charge in [0.2, 0.25) is 0 Å². The Morgan fingerprint density at radius 3 is 1.67 bits per heavy atom. The molecule has 0 aromatic heterocycles. The van der Waals surface area contributed by atoms with Crippen molar-refractivity contribution in [3.63, 3.8) is 0 Å². The Hall–Kier alpha value is -2.12. The lowest BCUT2D eigenvalue weighted by molar-refractivity contribution is 1.20. The number of halogens is 1. The lowest BCUT2D eigenvalue weighted by atomic mass is 9.89. The molecule has 0 aliphatic carbocycles. The first-order chi connectivity index (χ1) is 11.8. The van der Waals surface area contributed by atoms with E-state index in [1.807, 2.05) is 0 Å². The van der Waals surface area contributed by atoms with E-state index in [9.17, 15) is 0 Å². The molecule has 24 heavy (non-hydrogen) atoms. The van der Waals surface area contributed by atoms with E-state index >= 15 is 0 Å². The molecule has 3 aromatic carbocycles. The summed E-state index contributed by atoms with van der Waals surface area (Å²) in [5, 5.41) is 0. The molecule has 0 spiro atoms. The van der Waals surface area contributed by atoms with Gasteiger partial charge in [-0.1, -0.05) is 95.7 Å². The largest absolute Gasteiger partial charge is 0.0622 e. The van der Waals surface area contributed by atoms with Crippen LogP contribution in [0.5, 0.6) is 0 Å². The van der Waals surface area contributed by atoms with Gasteiger partial charge in [-0.2, -0.15) is 0 Å². The Kier molecular flexibility index (Phi) is 5.66. The average molecular weight is 377 g/mol. The van der Waals surface area contributed by atoms with E-state index in [2.05, 4.69) is 108 Å². The Balaban J connectivity index is 2.10. The van der Waals surface area contributed by atoms with E-state index in [0.29, 0.717) is 0 Å². The van der Waals surface area contributed by atoms with E-state index < -0.39 is 0 Å². The van der Waals surface area contributed by atoms with Crippen molar-refractivity contribution in [3.05, 3.63) is 106 Å². The van der Waals surface area contributed by atoms with Crippen molar-refractivity contribution in [2.75, 3.05) is 0 Å². The van der Waals surface area contributed by atoms with Gasteiger partial charge in [-0.15, -0.1) is 0 Å². The second-order valence-electron chi connectivity index (χ2n) is 5.85. The summed E-state index contributed by atoms with van der Waals surface area (Å²) in [5.41, 5.74) is 6.78. The standard InChI is InChI=1S/C23H21Br/c1-2-22(19-9-5-3-6-10-19)23(20-11-7-4-8-12-20)17-18-13-15-21(24)16-14-18/h3-16H,2,17H2,1H3/b23-22-. The number of benzene rings is 3. The topological polar surface area (TPSA) is 0 Å². The lowest BCUT2D eigenvalue weighted by Crippen LogP contribution is -1.96. The zero-order valence-electron chi connectivity index (χ0n) is 13.9. The van der Waals surface area contributed by atoms with Gasteiger partial charge in [-0.05, 0) is 52.8 Å². The van der Waals surface area contributed by atoms with Gasteiger partial charge in [-0.3, -0.25) is 0 Å². The van der Waals surface area contributed by atoms with E-state index in [1.54, 1.807) is 0 Å². The first-order valence-corrected chi connectivity index (χ1v) is 9.14. The third kappa shape index (κ3) is 4.04. The van der Waals surface area contributed by atoms with Crippen molar-refractivity contribution in [2.24, 2.45) is 0 Å². The smallest absolute Gasteiger partial charge is 0.0175 e. The van der Waals surface area contributed by atoms with Gasteiger partial charge in [0.15, 0.2) is 0 Å². The fourth-order valence-electron chi connectivity index (χ4n) is 3.06. The van der Waals surface area contributed by atoms with Crippen LogP contribution in [-0.4, -0.2) is 0 Å². The molecule has 0 fully saturated rings. The normalized spacial score (nSPS) is 11.9. The molecule has 0 saturated carbocycles. The van der Waals surface area contributed by atoms with Crippen molar-refractivity contribution in [3.8, 4) is 0 Å². The molecule has 0 amide bonds. The van der Waals surface area contributed by atoms with Crippen LogP contribution in [0.25, 0.3) is 11.1 Å². The summed E-state index contributed by atoms with van der Waals surface area (Å²) < 4.78 is 1.12. The van der Waals surface area contributed by atoms with Crippen LogP contribution in [0.2, 0.25) is 0 Å². The second kappa shape index (κ2) is 8.12. The van der Waals surface area contributed by atoms with Gasteiger partial charge in [0.25, 0.3) is 0 Å². The molecule has 0 aliphatic rings. The fraction of sp³-hybridized carbons (Fsp3) is 0.130. The summed E-state index contributed by atoms with van der Waals surface area (Å²) in [6, 6.07) is 30.1. The summed E-state index contributed by atoms with van der Waals surface area (Å²) in [6.07, 6.45) is 1.96. The summed E-state index contributed by atoms with van der Waals surface area (Å²) in [7, 11) is 0. The van der Waals surface area contributed by atoms with Crippen LogP contribution < -0.4 is 0 Å². The molecular formula is C23H21Br. The maximum Gasteiger partial charge on any atom is 0.0175 e. The molecule has 1 heteroatoms. The molecule has 120 valence electrons. The van der Waals surface area contributed by atoms with Crippen LogP contribution in [0.15, 0.2) is 89.4 Å². The van der Waals surface area contributed by atoms with Crippen molar-refractivity contribution < 1.29 is 0 Å². The number of allylic oxidation sites excluding steroid dienone is 2. The maximum absolute atomic E-state index is 3.52. The Bertz CT molecular complexity index is 800. The molecule has 0 heterocycles. The molecule has 3 aromatic rings. The van der Waals surface area contributed by atoms with Gasteiger partial charge in [-0.25, -0.2) is 0 Å². The minimum Gasteiger partial charge on any atom is -0.0622 e. The fourth-order valence-corrected chi connectivity index (χ4v) is 3.32. The van der Waals surface area contributed by atoms with Crippen LogP contribution in [0, 0.1) is 0 Å². The van der Waals surface area contributed by atoms with Crippen molar-refractivity contribution in [2.45, 2.75) is 19.8 Å². The molecule has 0 unspecified atom stereocenters. The Morgan fingerprint density at radius 2 is 1.17 bits per heavy atom. The summed E-state index contributed by atoms with van der Waals surface area (Å²) in [6.45, 7) is 2.24. The van der Waals surface area contributed by atoms with E-state index in [0.717, 1.165) is 17.3 Å². The third-order valence-corrected chi connectivity index (χ3v) is 4.79. The number of hydrogen-bond acceptors (Lipinski definition) is 0. The quantitative estimate of drug-likeness (QED) is 0.420.